The molecule has 4 aromatic carbocycles. The number of fused-ring (bicyclic) bond motifs is 4. The molecule has 0 N–H and O–H groups in total. The summed E-state index contributed by atoms with van der Waals surface area (Å²) in [4.78, 5) is 36.1. The Balaban J connectivity index is 1.25. The molecule has 0 saturated heterocycles. The minimum absolute atomic E-state index is 0.0417. The molecule has 1 aliphatic carbocycles. The quantitative estimate of drug-likeness (QED) is 0.207. The van der Waals surface area contributed by atoms with Crippen LogP contribution in [0, 0.1) is 11.3 Å². The van der Waals surface area contributed by atoms with E-state index in [4.69, 9.17) is 0 Å². The smallest absolute Gasteiger partial charge is 0.268 e. The Morgan fingerprint density at radius 2 is 1.43 bits per heavy atom. The summed E-state index contributed by atoms with van der Waals surface area (Å²) >= 11 is 0. The van der Waals surface area contributed by atoms with E-state index in [0.717, 1.165) is 33.5 Å². The molecule has 2 amide bonds. The monoisotopic (exact) mass is 568 g/mol. The van der Waals surface area contributed by atoms with Crippen molar-refractivity contribution in [3.63, 3.8) is 0 Å². The average Bonchev–Trinajstić information content (AvgIpc) is 3.55. The van der Waals surface area contributed by atoms with Gasteiger partial charge in [-0.2, -0.15) is 5.26 Å². The van der Waals surface area contributed by atoms with Crippen LogP contribution in [0.2, 0.25) is 0 Å². The second-order valence-corrected chi connectivity index (χ2v) is 11.0. The van der Waals surface area contributed by atoms with Gasteiger partial charge in [-0.1, -0.05) is 85.0 Å². The summed E-state index contributed by atoms with van der Waals surface area (Å²) in [7, 11) is 0. The zero-order chi connectivity index (χ0) is 29.8. The van der Waals surface area contributed by atoms with Gasteiger partial charge in [-0.05, 0) is 53.1 Å². The van der Waals surface area contributed by atoms with Crippen molar-refractivity contribution in [2.24, 2.45) is 0 Å². The molecule has 6 nitrogen and oxygen atoms in total. The molecule has 1 aromatic heterocycles. The highest BCUT2D eigenvalue weighted by Crippen LogP contribution is 2.51. The number of allylic oxidation sites excluding steroid dienone is 2. The van der Waals surface area contributed by atoms with E-state index in [1.807, 2.05) is 91.0 Å². The number of nitriles is 1. The molecule has 6 heteroatoms. The molecule has 3 heterocycles. The number of carbonyl (C=O) groups is 2. The first-order valence-corrected chi connectivity index (χ1v) is 14.4. The van der Waals surface area contributed by atoms with E-state index < -0.39 is 0 Å². The van der Waals surface area contributed by atoms with E-state index in [9.17, 15) is 14.9 Å². The van der Waals surface area contributed by atoms with E-state index >= 15 is 0 Å². The number of anilines is 3. The van der Waals surface area contributed by atoms with Gasteiger partial charge < -0.3 is 4.90 Å². The second kappa shape index (κ2) is 10.0. The van der Waals surface area contributed by atoms with Gasteiger partial charge in [0, 0.05) is 35.1 Å². The molecular weight excluding hydrogens is 544 g/mol. The summed E-state index contributed by atoms with van der Waals surface area (Å²) in [5, 5.41) is 9.39. The minimum Gasteiger partial charge on any atom is -0.333 e. The van der Waals surface area contributed by atoms with Crippen molar-refractivity contribution >= 4 is 28.9 Å². The highest BCUT2D eigenvalue weighted by Gasteiger charge is 2.44. The van der Waals surface area contributed by atoms with Crippen LogP contribution < -0.4 is 9.80 Å². The van der Waals surface area contributed by atoms with Gasteiger partial charge >= 0.3 is 0 Å². The van der Waals surface area contributed by atoms with Crippen molar-refractivity contribution in [3.05, 3.63) is 156 Å². The molecule has 0 spiro atoms. The van der Waals surface area contributed by atoms with Crippen LogP contribution in [0.4, 0.5) is 17.1 Å². The first-order valence-electron chi connectivity index (χ1n) is 14.4. The second-order valence-electron chi connectivity index (χ2n) is 11.0. The molecule has 0 bridgehead atoms. The summed E-state index contributed by atoms with van der Waals surface area (Å²) < 4.78 is 0. The Hall–Kier alpha value is -6.06. The van der Waals surface area contributed by atoms with E-state index in [1.54, 1.807) is 18.5 Å². The van der Waals surface area contributed by atoms with Gasteiger partial charge in [0.1, 0.15) is 6.07 Å². The average molecular weight is 569 g/mol. The van der Waals surface area contributed by atoms with Crippen molar-refractivity contribution in [2.45, 2.75) is 12.0 Å². The van der Waals surface area contributed by atoms with Crippen molar-refractivity contribution in [1.82, 2.24) is 4.98 Å². The number of imide groups is 1. The number of amides is 2. The third-order valence-electron chi connectivity index (χ3n) is 8.63. The number of nitrogens with zero attached hydrogens (tertiary/aromatic N) is 4. The maximum Gasteiger partial charge on any atom is 0.268 e. The van der Waals surface area contributed by atoms with Crippen LogP contribution in [0.15, 0.2) is 134 Å². The maximum atomic E-state index is 14.4. The lowest BCUT2D eigenvalue weighted by Gasteiger charge is -2.30. The number of benzene rings is 4. The van der Waals surface area contributed by atoms with Crippen molar-refractivity contribution in [1.29, 1.82) is 5.26 Å². The minimum atomic E-state index is -0.333. The molecule has 44 heavy (non-hydrogen) atoms. The molecular formula is C38H24N4O2. The number of hydrogen-bond donors (Lipinski definition) is 0. The van der Waals surface area contributed by atoms with Gasteiger partial charge in [0.15, 0.2) is 0 Å². The normalized spacial score (nSPS) is 17.8. The van der Waals surface area contributed by atoms with Gasteiger partial charge in [-0.25, -0.2) is 4.90 Å². The van der Waals surface area contributed by atoms with E-state index in [-0.39, 0.29) is 23.8 Å². The number of para-hydroxylation sites is 1. The van der Waals surface area contributed by atoms with Crippen LogP contribution in [0.3, 0.4) is 0 Å². The Bertz CT molecular complexity index is 2110. The Labute approximate surface area is 254 Å². The summed E-state index contributed by atoms with van der Waals surface area (Å²) in [5.74, 6) is -0.620. The Morgan fingerprint density at radius 1 is 0.659 bits per heavy atom. The summed E-state index contributed by atoms with van der Waals surface area (Å²) in [6.07, 6.45) is 11.7. The van der Waals surface area contributed by atoms with Crippen molar-refractivity contribution in [3.8, 4) is 28.3 Å². The fraction of sp³-hybridized carbons (Fsp3) is 0.0526. The standard InChI is InChI=1S/C38H24N4O2/c39-21-24-19-27(23-40-22-24)26-17-18-34-31(20-26)29-12-5-7-15-33(29)41(34)35-16-8-13-30-36(35)38(44)42(37(30)43)32-14-6-4-11-28(32)25-9-2-1-3-10-25/h1-20,22-23,29,33H. The lowest BCUT2D eigenvalue weighted by Crippen LogP contribution is -2.32. The Kier molecular flexibility index (Phi) is 5.85. The predicted molar refractivity (Wildman–Crippen MR) is 171 cm³/mol. The highest BCUT2D eigenvalue weighted by atomic mass is 16.2. The van der Waals surface area contributed by atoms with Crippen LogP contribution in [-0.4, -0.2) is 22.8 Å². The molecule has 0 fully saturated rings. The van der Waals surface area contributed by atoms with Gasteiger partial charge in [0.05, 0.1) is 34.1 Å². The molecule has 208 valence electrons. The third kappa shape index (κ3) is 3.84. The van der Waals surface area contributed by atoms with Gasteiger partial charge in [-0.3, -0.25) is 14.6 Å². The molecule has 5 aromatic rings. The zero-order valence-electron chi connectivity index (χ0n) is 23.5. The van der Waals surface area contributed by atoms with Crippen molar-refractivity contribution < 1.29 is 9.59 Å². The van der Waals surface area contributed by atoms with E-state index in [2.05, 4.69) is 40.2 Å². The molecule has 2 atom stereocenters. The fourth-order valence-corrected chi connectivity index (χ4v) is 6.68. The molecule has 2 aliphatic heterocycles. The Morgan fingerprint density at radius 3 is 2.30 bits per heavy atom. The van der Waals surface area contributed by atoms with Gasteiger partial charge in [-0.15, -0.1) is 0 Å². The fourth-order valence-electron chi connectivity index (χ4n) is 6.68. The molecule has 8 rings (SSSR count). The third-order valence-corrected chi connectivity index (χ3v) is 8.63. The molecule has 0 saturated carbocycles. The maximum absolute atomic E-state index is 14.4. The number of hydrogen-bond acceptors (Lipinski definition) is 5. The summed E-state index contributed by atoms with van der Waals surface area (Å²) in [6.45, 7) is 0. The number of carbonyl (C=O) groups excluding carboxylic acids is 2. The number of pyridine rings is 1. The largest absolute Gasteiger partial charge is 0.333 e. The predicted octanol–water partition coefficient (Wildman–Crippen LogP) is 7.82. The van der Waals surface area contributed by atoms with Crippen LogP contribution in [0.25, 0.3) is 22.3 Å². The van der Waals surface area contributed by atoms with Crippen molar-refractivity contribution in [2.75, 3.05) is 9.80 Å². The van der Waals surface area contributed by atoms with Crippen LogP contribution in [0.1, 0.15) is 37.8 Å². The van der Waals surface area contributed by atoms with Crippen LogP contribution >= 0.6 is 0 Å². The molecule has 3 aliphatic rings. The number of aromatic nitrogens is 1. The van der Waals surface area contributed by atoms with Gasteiger partial charge in [0.25, 0.3) is 11.8 Å². The summed E-state index contributed by atoms with van der Waals surface area (Å²) in [5.41, 5.74) is 8.24. The van der Waals surface area contributed by atoms with Gasteiger partial charge in [0.2, 0.25) is 0 Å². The SMILES string of the molecule is N#Cc1cncc(-c2ccc3c(c2)C2C=CC=CC2N3c2cccc3c2C(=O)N(c2ccccc2-c2ccccc2)C3=O)c1. The first-order chi connectivity index (χ1) is 21.6. The van der Waals surface area contributed by atoms with Crippen LogP contribution in [-0.2, 0) is 0 Å². The summed E-state index contributed by atoms with van der Waals surface area (Å²) in [6, 6.07) is 33.0. The first kappa shape index (κ1) is 25.6. The van der Waals surface area contributed by atoms with Crippen LogP contribution in [0.5, 0.6) is 0 Å². The molecule has 2 unspecified atom stereocenters. The highest BCUT2D eigenvalue weighted by molar-refractivity contribution is 6.37. The van der Waals surface area contributed by atoms with E-state index in [1.165, 1.54) is 4.90 Å². The molecule has 0 radical (unpaired) electrons. The number of rotatable bonds is 4. The van der Waals surface area contributed by atoms with E-state index in [0.29, 0.717) is 28.1 Å². The lowest BCUT2D eigenvalue weighted by molar-refractivity contribution is 0.0926. The topological polar surface area (TPSA) is 77.3 Å². The lowest BCUT2D eigenvalue weighted by atomic mass is 9.90. The zero-order valence-corrected chi connectivity index (χ0v) is 23.5.